The number of benzene rings is 2. The highest BCUT2D eigenvalue weighted by atomic mass is 16.4. The molecule has 0 saturated carbocycles. The highest BCUT2D eigenvalue weighted by Gasteiger charge is 2.23. The third-order valence-corrected chi connectivity index (χ3v) is 6.16. The van der Waals surface area contributed by atoms with E-state index in [0.717, 1.165) is 34.4 Å². The number of anilines is 1. The van der Waals surface area contributed by atoms with Crippen LogP contribution in [0, 0.1) is 13.8 Å². The number of carbonyl (C=O) groups is 2. The van der Waals surface area contributed by atoms with Crippen LogP contribution in [-0.4, -0.2) is 26.8 Å². The average Bonchev–Trinajstić information content (AvgIpc) is 3.24. The van der Waals surface area contributed by atoms with E-state index in [0.29, 0.717) is 18.5 Å². The number of aromatic nitrogens is 1. The maximum absolute atomic E-state index is 12.8. The number of hydrogen-bond acceptors (Lipinski definition) is 4. The SMILES string of the molecule is Cc1cccc(C)c1-c1cccc([C@H](CC(=O)O)NC(=O)Nc2c(O)cc3n(c2=O)CCC3)c1. The number of amides is 2. The molecule has 1 atom stereocenters. The zero-order valence-corrected chi connectivity index (χ0v) is 19.1. The van der Waals surface area contributed by atoms with Crippen LogP contribution in [0.4, 0.5) is 10.5 Å². The van der Waals surface area contributed by atoms with Gasteiger partial charge in [-0.25, -0.2) is 4.79 Å². The van der Waals surface area contributed by atoms with Gasteiger partial charge < -0.3 is 25.4 Å². The van der Waals surface area contributed by atoms with Gasteiger partial charge in [-0.2, -0.15) is 0 Å². The maximum atomic E-state index is 12.8. The molecule has 3 aromatic rings. The van der Waals surface area contributed by atoms with Crippen molar-refractivity contribution in [1.29, 1.82) is 0 Å². The van der Waals surface area contributed by atoms with Crippen LogP contribution in [0.25, 0.3) is 11.1 Å². The van der Waals surface area contributed by atoms with E-state index in [-0.39, 0.29) is 17.9 Å². The number of carboxylic acids is 1. The molecule has 2 aromatic carbocycles. The molecule has 176 valence electrons. The third-order valence-electron chi connectivity index (χ3n) is 6.16. The highest BCUT2D eigenvalue weighted by Crippen LogP contribution is 2.30. The number of carboxylic acid groups (broad SMARTS) is 1. The van der Waals surface area contributed by atoms with Gasteiger partial charge in [0.1, 0.15) is 5.75 Å². The molecule has 1 aliphatic heterocycles. The lowest BCUT2D eigenvalue weighted by Gasteiger charge is -2.20. The number of rotatable bonds is 6. The second-order valence-corrected chi connectivity index (χ2v) is 8.60. The van der Waals surface area contributed by atoms with Crippen molar-refractivity contribution in [3.63, 3.8) is 0 Å². The lowest BCUT2D eigenvalue weighted by molar-refractivity contribution is -0.137. The van der Waals surface area contributed by atoms with Crippen LogP contribution in [0.1, 0.15) is 41.3 Å². The van der Waals surface area contributed by atoms with Crippen molar-refractivity contribution in [2.75, 3.05) is 5.32 Å². The van der Waals surface area contributed by atoms with Crippen molar-refractivity contribution in [1.82, 2.24) is 9.88 Å². The first-order valence-corrected chi connectivity index (χ1v) is 11.2. The molecule has 8 nitrogen and oxygen atoms in total. The van der Waals surface area contributed by atoms with E-state index < -0.39 is 23.6 Å². The molecule has 0 radical (unpaired) electrons. The fraction of sp³-hybridized carbons (Fsp3) is 0.269. The van der Waals surface area contributed by atoms with Gasteiger partial charge in [-0.1, -0.05) is 36.4 Å². The van der Waals surface area contributed by atoms with Gasteiger partial charge in [0, 0.05) is 18.3 Å². The minimum absolute atomic E-state index is 0.221. The highest BCUT2D eigenvalue weighted by molar-refractivity contribution is 5.91. The number of aromatic hydroxyl groups is 1. The summed E-state index contributed by atoms with van der Waals surface area (Å²) in [6.45, 7) is 4.55. The summed E-state index contributed by atoms with van der Waals surface area (Å²) in [7, 11) is 0. The lowest BCUT2D eigenvalue weighted by Crippen LogP contribution is -2.36. The lowest BCUT2D eigenvalue weighted by atomic mass is 9.93. The average molecular weight is 462 g/mol. The number of urea groups is 1. The number of aliphatic carboxylic acids is 1. The summed E-state index contributed by atoms with van der Waals surface area (Å²) < 4.78 is 1.53. The van der Waals surface area contributed by atoms with Crippen molar-refractivity contribution in [2.24, 2.45) is 0 Å². The Morgan fingerprint density at radius 1 is 1.09 bits per heavy atom. The summed E-state index contributed by atoms with van der Waals surface area (Å²) in [5.74, 6) is -1.39. The second-order valence-electron chi connectivity index (χ2n) is 8.60. The molecule has 0 fully saturated rings. The standard InChI is InChI=1S/C26H27N3O5/c1-15-6-3-7-16(2)23(15)18-9-4-8-17(12-18)20(14-22(31)32)27-26(34)28-24-21(30)13-19-10-5-11-29(19)25(24)33/h3-4,6-9,12-13,20,30H,5,10-11,14H2,1-2H3,(H,31,32)(H2,27,28,34)/t20-/m0/s1. The van der Waals surface area contributed by atoms with Crippen molar-refractivity contribution < 1.29 is 19.8 Å². The molecule has 0 saturated heterocycles. The largest absolute Gasteiger partial charge is 0.505 e. The van der Waals surface area contributed by atoms with Crippen LogP contribution in [0.5, 0.6) is 5.75 Å². The van der Waals surface area contributed by atoms with Crippen LogP contribution in [0.3, 0.4) is 0 Å². The van der Waals surface area contributed by atoms with E-state index in [2.05, 4.69) is 10.6 Å². The van der Waals surface area contributed by atoms with Crippen LogP contribution < -0.4 is 16.2 Å². The molecule has 0 unspecified atom stereocenters. The van der Waals surface area contributed by atoms with Gasteiger partial charge >= 0.3 is 12.0 Å². The number of pyridine rings is 1. The van der Waals surface area contributed by atoms with Gasteiger partial charge in [0.2, 0.25) is 0 Å². The summed E-state index contributed by atoms with van der Waals surface area (Å²) in [5, 5.41) is 24.8. The van der Waals surface area contributed by atoms with E-state index in [9.17, 15) is 24.6 Å². The Hall–Kier alpha value is -4.07. The van der Waals surface area contributed by atoms with Crippen molar-refractivity contribution in [3.8, 4) is 16.9 Å². The smallest absolute Gasteiger partial charge is 0.319 e. The van der Waals surface area contributed by atoms with Gasteiger partial charge in [0.25, 0.3) is 5.56 Å². The Balaban J connectivity index is 1.61. The number of aryl methyl sites for hydroxylation is 3. The summed E-state index contributed by atoms with van der Waals surface area (Å²) in [6, 6.07) is 13.3. The fourth-order valence-corrected chi connectivity index (χ4v) is 4.59. The van der Waals surface area contributed by atoms with Crippen LogP contribution in [-0.2, 0) is 17.8 Å². The minimum atomic E-state index is -1.08. The Kier molecular flexibility index (Phi) is 6.40. The first kappa shape index (κ1) is 23.1. The van der Waals surface area contributed by atoms with E-state index >= 15 is 0 Å². The Labute approximate surface area is 196 Å². The zero-order valence-electron chi connectivity index (χ0n) is 19.1. The number of fused-ring (bicyclic) bond motifs is 1. The number of hydrogen-bond donors (Lipinski definition) is 4. The number of nitrogens with one attached hydrogen (secondary N) is 2. The quantitative estimate of drug-likeness (QED) is 0.440. The summed E-state index contributed by atoms with van der Waals surface area (Å²) in [4.78, 5) is 37.0. The predicted molar refractivity (Wildman–Crippen MR) is 129 cm³/mol. The molecule has 34 heavy (non-hydrogen) atoms. The van der Waals surface area contributed by atoms with Gasteiger partial charge in [-0.05, 0) is 60.6 Å². The van der Waals surface area contributed by atoms with Gasteiger partial charge in [0.15, 0.2) is 5.69 Å². The molecular weight excluding hydrogens is 434 g/mol. The van der Waals surface area contributed by atoms with Gasteiger partial charge in [-0.3, -0.25) is 9.59 Å². The zero-order chi connectivity index (χ0) is 24.4. The van der Waals surface area contributed by atoms with Crippen LogP contribution in [0.15, 0.2) is 53.3 Å². The molecule has 8 heteroatoms. The monoisotopic (exact) mass is 461 g/mol. The number of nitrogens with zero attached hydrogens (tertiary/aromatic N) is 1. The van der Waals surface area contributed by atoms with E-state index in [4.69, 9.17) is 0 Å². The normalized spacial score (nSPS) is 13.2. The van der Waals surface area contributed by atoms with E-state index in [1.54, 1.807) is 6.07 Å². The molecule has 0 spiro atoms. The predicted octanol–water partition coefficient (Wildman–Crippen LogP) is 4.12. The van der Waals surface area contributed by atoms with Gasteiger partial charge in [0.05, 0.1) is 12.5 Å². The topological polar surface area (TPSA) is 121 Å². The van der Waals surface area contributed by atoms with Crippen LogP contribution >= 0.6 is 0 Å². The third kappa shape index (κ3) is 4.66. The molecule has 1 aromatic heterocycles. The van der Waals surface area contributed by atoms with Crippen LogP contribution in [0.2, 0.25) is 0 Å². The van der Waals surface area contributed by atoms with Crippen molar-refractivity contribution in [2.45, 2.75) is 45.7 Å². The molecule has 4 rings (SSSR count). The Morgan fingerprint density at radius 3 is 2.50 bits per heavy atom. The van der Waals surface area contributed by atoms with E-state index in [1.165, 1.54) is 10.6 Å². The number of carbonyl (C=O) groups excluding carboxylic acids is 1. The van der Waals surface area contributed by atoms with E-state index in [1.807, 2.05) is 50.2 Å². The Morgan fingerprint density at radius 2 is 1.79 bits per heavy atom. The summed E-state index contributed by atoms with van der Waals surface area (Å²) >= 11 is 0. The van der Waals surface area contributed by atoms with Gasteiger partial charge in [-0.15, -0.1) is 0 Å². The molecule has 0 aliphatic carbocycles. The Bertz CT molecular complexity index is 1310. The molecule has 2 heterocycles. The maximum Gasteiger partial charge on any atom is 0.319 e. The minimum Gasteiger partial charge on any atom is -0.505 e. The summed E-state index contributed by atoms with van der Waals surface area (Å²) in [5.41, 5.74) is 4.79. The second kappa shape index (κ2) is 9.43. The molecule has 2 amide bonds. The molecular formula is C26H27N3O5. The van der Waals surface area contributed by atoms with Crippen molar-refractivity contribution in [3.05, 3.63) is 81.3 Å². The first-order valence-electron chi connectivity index (χ1n) is 11.2. The molecule has 1 aliphatic rings. The molecule has 4 N–H and O–H groups in total. The first-order chi connectivity index (χ1) is 16.2. The van der Waals surface area contributed by atoms with Crippen molar-refractivity contribution >= 4 is 17.7 Å². The fourth-order valence-electron chi connectivity index (χ4n) is 4.59. The summed E-state index contributed by atoms with van der Waals surface area (Å²) in [6.07, 6.45) is 1.13. The molecule has 0 bridgehead atoms.